The maximum Gasteiger partial charge on any atom is 0.408 e. The first-order valence-electron chi connectivity index (χ1n) is 11.4. The molecule has 0 aliphatic carbocycles. The zero-order valence-corrected chi connectivity index (χ0v) is 20.2. The van der Waals surface area contributed by atoms with E-state index < -0.39 is 35.4 Å². The van der Waals surface area contributed by atoms with Crippen LogP contribution in [0.4, 0.5) is 13.6 Å². The van der Waals surface area contributed by atoms with Crippen LogP contribution in [0.3, 0.4) is 0 Å². The fourth-order valence-corrected chi connectivity index (χ4v) is 3.87. The molecule has 35 heavy (non-hydrogen) atoms. The number of hydrogen-bond acceptors (Lipinski definition) is 5. The van der Waals surface area contributed by atoms with Crippen molar-refractivity contribution >= 4 is 17.9 Å². The number of carbonyl (C=O) groups excluding carboxylic acids is 3. The number of aromatic nitrogens is 1. The fraction of sp³-hybridized carbons (Fsp3) is 0.440. The van der Waals surface area contributed by atoms with E-state index in [2.05, 4.69) is 15.6 Å². The highest BCUT2D eigenvalue weighted by Crippen LogP contribution is 2.26. The van der Waals surface area contributed by atoms with Crippen LogP contribution >= 0.6 is 0 Å². The van der Waals surface area contributed by atoms with Crippen molar-refractivity contribution in [2.45, 2.75) is 58.2 Å². The Morgan fingerprint density at radius 1 is 1.17 bits per heavy atom. The number of halogens is 2. The summed E-state index contributed by atoms with van der Waals surface area (Å²) in [6, 6.07) is 5.60. The number of ether oxygens (including phenoxy) is 1. The van der Waals surface area contributed by atoms with Crippen LogP contribution in [0, 0.1) is 11.6 Å². The van der Waals surface area contributed by atoms with Gasteiger partial charge in [-0.15, -0.1) is 0 Å². The third kappa shape index (κ3) is 6.74. The number of amides is 3. The number of hydrogen-bond donors (Lipinski definition) is 2. The molecule has 3 amide bonds. The minimum absolute atomic E-state index is 0.164. The first-order chi connectivity index (χ1) is 16.5. The van der Waals surface area contributed by atoms with Crippen LogP contribution in [0.2, 0.25) is 0 Å². The lowest BCUT2D eigenvalue weighted by Crippen LogP contribution is -2.49. The summed E-state index contributed by atoms with van der Waals surface area (Å²) in [6.45, 7) is 7.02. The topological polar surface area (TPSA) is 101 Å². The molecule has 1 unspecified atom stereocenters. The van der Waals surface area contributed by atoms with Gasteiger partial charge in [-0.2, -0.15) is 0 Å². The van der Waals surface area contributed by atoms with Crippen molar-refractivity contribution in [3.63, 3.8) is 0 Å². The van der Waals surface area contributed by atoms with Crippen LogP contribution in [0.25, 0.3) is 11.1 Å². The molecule has 0 saturated carbocycles. The van der Waals surface area contributed by atoms with E-state index in [4.69, 9.17) is 4.74 Å². The maximum absolute atomic E-state index is 14.0. The van der Waals surface area contributed by atoms with Gasteiger partial charge in [0.1, 0.15) is 29.8 Å². The average Bonchev–Trinajstić information content (AvgIpc) is 3.27. The number of benzene rings is 1. The quantitative estimate of drug-likeness (QED) is 0.646. The molecule has 2 N–H and O–H groups in total. The molecule has 0 bridgehead atoms. The van der Waals surface area contributed by atoms with Gasteiger partial charge in [0.05, 0.1) is 17.3 Å². The predicted octanol–water partition coefficient (Wildman–Crippen LogP) is 3.72. The molecule has 1 aromatic carbocycles. The lowest BCUT2D eigenvalue weighted by atomic mass is 10.1. The maximum atomic E-state index is 14.0. The van der Waals surface area contributed by atoms with Crippen molar-refractivity contribution in [1.29, 1.82) is 0 Å². The summed E-state index contributed by atoms with van der Waals surface area (Å²) in [5.74, 6) is -2.09. The highest BCUT2D eigenvalue weighted by molar-refractivity contribution is 5.90. The molecule has 1 fully saturated rings. The second-order valence-electron chi connectivity index (χ2n) is 9.40. The van der Waals surface area contributed by atoms with E-state index in [1.807, 2.05) is 0 Å². The van der Waals surface area contributed by atoms with Crippen molar-refractivity contribution in [3.8, 4) is 11.1 Å². The molecule has 1 aliphatic heterocycles. The summed E-state index contributed by atoms with van der Waals surface area (Å²) in [7, 11) is 0. The summed E-state index contributed by atoms with van der Waals surface area (Å²) >= 11 is 0. The number of carbonyl (C=O) groups is 3. The van der Waals surface area contributed by atoms with Crippen LogP contribution in [-0.2, 0) is 14.3 Å². The van der Waals surface area contributed by atoms with E-state index in [0.717, 1.165) is 0 Å². The van der Waals surface area contributed by atoms with Gasteiger partial charge in [0.15, 0.2) is 0 Å². The molecule has 0 spiro atoms. The number of likely N-dealkylation sites (tertiary alicyclic amines) is 1. The standard InChI is InChI=1S/C25H30F2N4O4/c1-15(19-11-10-16(13-28-19)22-17(26)7-5-8-18(22)27)30-23(33)20-9-6-12-31(20)21(32)14-29-24(34)35-25(2,3)4/h5,7-8,10-11,13,15,20H,6,9,12,14H2,1-4H3,(H,29,34)(H,30,33)/t15?,20-/m0/s1. The number of pyridine rings is 1. The monoisotopic (exact) mass is 488 g/mol. The second kappa shape index (κ2) is 10.8. The molecule has 8 nitrogen and oxygen atoms in total. The van der Waals surface area contributed by atoms with E-state index >= 15 is 0 Å². The molecular weight excluding hydrogens is 458 g/mol. The first kappa shape index (κ1) is 26.1. The van der Waals surface area contributed by atoms with Gasteiger partial charge in [-0.25, -0.2) is 13.6 Å². The summed E-state index contributed by atoms with van der Waals surface area (Å²) < 4.78 is 33.2. The smallest absolute Gasteiger partial charge is 0.408 e. The van der Waals surface area contributed by atoms with Gasteiger partial charge in [0.2, 0.25) is 11.8 Å². The normalized spacial score (nSPS) is 16.5. The zero-order valence-electron chi connectivity index (χ0n) is 20.2. The van der Waals surface area contributed by atoms with Gasteiger partial charge in [-0.1, -0.05) is 12.1 Å². The minimum Gasteiger partial charge on any atom is -0.444 e. The zero-order chi connectivity index (χ0) is 25.8. The van der Waals surface area contributed by atoms with Gasteiger partial charge in [0, 0.05) is 18.3 Å². The number of nitrogens with one attached hydrogen (secondary N) is 2. The Morgan fingerprint density at radius 2 is 1.86 bits per heavy atom. The van der Waals surface area contributed by atoms with Crippen LogP contribution in [-0.4, -0.2) is 52.5 Å². The van der Waals surface area contributed by atoms with Crippen LogP contribution < -0.4 is 10.6 Å². The Morgan fingerprint density at radius 3 is 2.46 bits per heavy atom. The van der Waals surface area contributed by atoms with Crippen molar-refractivity contribution in [2.24, 2.45) is 0 Å². The molecule has 188 valence electrons. The van der Waals surface area contributed by atoms with Gasteiger partial charge >= 0.3 is 6.09 Å². The third-order valence-electron chi connectivity index (χ3n) is 5.50. The molecule has 1 aromatic heterocycles. The molecule has 10 heteroatoms. The Labute approximate surface area is 203 Å². The van der Waals surface area contributed by atoms with E-state index in [-0.39, 0.29) is 29.5 Å². The van der Waals surface area contributed by atoms with E-state index in [1.165, 1.54) is 29.3 Å². The molecule has 0 radical (unpaired) electrons. The Kier molecular flexibility index (Phi) is 8.03. The molecule has 2 aromatic rings. The van der Waals surface area contributed by atoms with Gasteiger partial charge in [-0.3, -0.25) is 14.6 Å². The SMILES string of the molecule is CC(NC(=O)[C@@H]1CCCN1C(=O)CNC(=O)OC(C)(C)C)c1ccc(-c2c(F)cccc2F)cn1. The number of nitrogens with zero attached hydrogens (tertiary/aromatic N) is 2. The van der Waals surface area contributed by atoms with E-state index in [9.17, 15) is 23.2 Å². The molecule has 3 rings (SSSR count). The second-order valence-corrected chi connectivity index (χ2v) is 9.40. The highest BCUT2D eigenvalue weighted by Gasteiger charge is 2.34. The number of alkyl carbamates (subject to hydrolysis) is 1. The van der Waals surface area contributed by atoms with Gasteiger partial charge < -0.3 is 20.3 Å². The Bertz CT molecular complexity index is 1070. The lowest BCUT2D eigenvalue weighted by Gasteiger charge is -2.26. The molecular formula is C25H30F2N4O4. The molecule has 1 saturated heterocycles. The average molecular weight is 489 g/mol. The summed E-state index contributed by atoms with van der Waals surface area (Å²) in [4.78, 5) is 43.0. The van der Waals surface area contributed by atoms with E-state index in [0.29, 0.717) is 25.1 Å². The fourth-order valence-electron chi connectivity index (χ4n) is 3.87. The van der Waals surface area contributed by atoms with Crippen molar-refractivity contribution in [1.82, 2.24) is 20.5 Å². The Balaban J connectivity index is 1.59. The van der Waals surface area contributed by atoms with Crippen molar-refractivity contribution in [3.05, 3.63) is 53.9 Å². The molecule has 2 atom stereocenters. The van der Waals surface area contributed by atoms with Crippen LogP contribution in [0.1, 0.15) is 52.3 Å². The van der Waals surface area contributed by atoms with Crippen molar-refractivity contribution < 1.29 is 27.9 Å². The molecule has 1 aliphatic rings. The van der Waals surface area contributed by atoms with Gasteiger partial charge in [0.25, 0.3) is 0 Å². The third-order valence-corrected chi connectivity index (χ3v) is 5.50. The molecule has 2 heterocycles. The highest BCUT2D eigenvalue weighted by atomic mass is 19.1. The number of rotatable bonds is 6. The Hall–Kier alpha value is -3.56. The summed E-state index contributed by atoms with van der Waals surface area (Å²) in [5, 5.41) is 5.27. The predicted molar refractivity (Wildman–Crippen MR) is 125 cm³/mol. The van der Waals surface area contributed by atoms with Crippen LogP contribution in [0.5, 0.6) is 0 Å². The minimum atomic E-state index is -0.704. The summed E-state index contributed by atoms with van der Waals surface area (Å²) in [5.41, 5.74) is -0.0628. The summed E-state index contributed by atoms with van der Waals surface area (Å²) in [6.07, 6.45) is 1.80. The van der Waals surface area contributed by atoms with E-state index in [1.54, 1.807) is 39.8 Å². The van der Waals surface area contributed by atoms with Crippen molar-refractivity contribution in [2.75, 3.05) is 13.1 Å². The largest absolute Gasteiger partial charge is 0.444 e. The van der Waals surface area contributed by atoms with Crippen LogP contribution in [0.15, 0.2) is 36.5 Å². The lowest BCUT2D eigenvalue weighted by molar-refractivity contribution is -0.138. The van der Waals surface area contributed by atoms with Gasteiger partial charge in [-0.05, 0) is 58.7 Å². The first-order valence-corrected chi connectivity index (χ1v) is 11.4.